The number of halogens is 1. The van der Waals surface area contributed by atoms with Crippen LogP contribution in [0, 0.1) is 5.41 Å². The van der Waals surface area contributed by atoms with E-state index in [9.17, 15) is 9.90 Å². The molecule has 0 spiro atoms. The Labute approximate surface area is 144 Å². The summed E-state index contributed by atoms with van der Waals surface area (Å²) in [6.07, 6.45) is 1.05. The number of nitrogens with zero attached hydrogens (tertiary/aromatic N) is 1. The van der Waals surface area contributed by atoms with Crippen LogP contribution in [-0.2, 0) is 6.42 Å². The summed E-state index contributed by atoms with van der Waals surface area (Å²) in [6, 6.07) is 7.68. The lowest BCUT2D eigenvalue weighted by molar-refractivity contribution is 0.126. The van der Waals surface area contributed by atoms with E-state index in [1.807, 2.05) is 45.0 Å². The van der Waals surface area contributed by atoms with Crippen LogP contribution < -0.4 is 5.32 Å². The van der Waals surface area contributed by atoms with Crippen molar-refractivity contribution in [2.24, 2.45) is 5.41 Å². The molecule has 5 heteroatoms. The summed E-state index contributed by atoms with van der Waals surface area (Å²) >= 11 is 5.89. The molecule has 23 heavy (non-hydrogen) atoms. The van der Waals surface area contributed by atoms with Crippen molar-refractivity contribution in [1.29, 1.82) is 0 Å². The Morgan fingerprint density at radius 3 is 2.39 bits per heavy atom. The second-order valence-corrected chi connectivity index (χ2v) is 7.60. The Balaban J connectivity index is 2.50. The van der Waals surface area contributed by atoms with Crippen molar-refractivity contribution in [3.63, 3.8) is 0 Å². The van der Waals surface area contributed by atoms with Gasteiger partial charge < -0.3 is 15.3 Å². The first kappa shape index (κ1) is 19.8. The van der Waals surface area contributed by atoms with Gasteiger partial charge in [0, 0.05) is 24.7 Å². The van der Waals surface area contributed by atoms with Crippen LogP contribution in [0.1, 0.15) is 39.7 Å². The highest BCUT2D eigenvalue weighted by Crippen LogP contribution is 2.21. The van der Waals surface area contributed by atoms with Crippen molar-refractivity contribution >= 4 is 17.6 Å². The van der Waals surface area contributed by atoms with Gasteiger partial charge in [-0.3, -0.25) is 0 Å². The first-order valence-corrected chi connectivity index (χ1v) is 8.42. The summed E-state index contributed by atoms with van der Waals surface area (Å²) in [6.45, 7) is 8.40. The average Bonchev–Trinajstić information content (AvgIpc) is 2.45. The molecule has 0 radical (unpaired) electrons. The van der Waals surface area contributed by atoms with Gasteiger partial charge in [-0.1, -0.05) is 37.6 Å². The molecule has 0 bridgehead atoms. The van der Waals surface area contributed by atoms with E-state index in [-0.39, 0.29) is 23.6 Å². The van der Waals surface area contributed by atoms with E-state index in [0.717, 1.165) is 12.0 Å². The van der Waals surface area contributed by atoms with Crippen LogP contribution >= 0.6 is 11.6 Å². The summed E-state index contributed by atoms with van der Waals surface area (Å²) in [5.74, 6) is 0. The maximum absolute atomic E-state index is 12.3. The van der Waals surface area contributed by atoms with Crippen molar-refractivity contribution in [2.45, 2.75) is 52.7 Å². The summed E-state index contributed by atoms with van der Waals surface area (Å²) < 4.78 is 0. The van der Waals surface area contributed by atoms with Crippen LogP contribution in [0.4, 0.5) is 4.79 Å². The van der Waals surface area contributed by atoms with Gasteiger partial charge in [0.15, 0.2) is 0 Å². The quantitative estimate of drug-likeness (QED) is 0.795. The molecule has 0 aliphatic rings. The zero-order chi connectivity index (χ0) is 17.6. The fraction of sp³-hybridized carbons (Fsp3) is 0.611. The fourth-order valence-electron chi connectivity index (χ4n) is 2.61. The predicted molar refractivity (Wildman–Crippen MR) is 95.9 cm³/mol. The molecule has 2 atom stereocenters. The molecule has 0 saturated carbocycles. The molecule has 0 fully saturated rings. The van der Waals surface area contributed by atoms with Gasteiger partial charge in [0.25, 0.3) is 0 Å². The number of aliphatic hydroxyl groups excluding tert-OH is 1. The average molecular weight is 341 g/mol. The van der Waals surface area contributed by atoms with E-state index >= 15 is 0 Å². The zero-order valence-electron chi connectivity index (χ0n) is 14.8. The van der Waals surface area contributed by atoms with Gasteiger partial charge in [-0.25, -0.2) is 4.79 Å². The second-order valence-electron chi connectivity index (χ2n) is 7.17. The first-order valence-electron chi connectivity index (χ1n) is 8.04. The van der Waals surface area contributed by atoms with Crippen LogP contribution in [-0.4, -0.2) is 41.8 Å². The lowest BCUT2D eigenvalue weighted by Gasteiger charge is -2.30. The van der Waals surface area contributed by atoms with Crippen molar-refractivity contribution in [3.8, 4) is 0 Å². The molecule has 2 amide bonds. The summed E-state index contributed by atoms with van der Waals surface area (Å²) in [7, 11) is 1.80. The van der Waals surface area contributed by atoms with E-state index < -0.39 is 0 Å². The van der Waals surface area contributed by atoms with Gasteiger partial charge in [0.1, 0.15) is 0 Å². The van der Waals surface area contributed by atoms with Crippen LogP contribution in [0.2, 0.25) is 5.02 Å². The zero-order valence-corrected chi connectivity index (χ0v) is 15.5. The Bertz CT molecular complexity index is 500. The SMILES string of the molecule is CC(O)CC(C)(C)CNC(=O)N(C)C(C)Cc1ccc(Cl)cc1. The number of amides is 2. The van der Waals surface area contributed by atoms with Gasteiger partial charge in [-0.05, 0) is 49.8 Å². The van der Waals surface area contributed by atoms with E-state index in [1.54, 1.807) is 18.9 Å². The number of aliphatic hydroxyl groups is 1. The molecule has 1 aromatic carbocycles. The van der Waals surface area contributed by atoms with E-state index in [4.69, 9.17) is 11.6 Å². The topological polar surface area (TPSA) is 52.6 Å². The lowest BCUT2D eigenvalue weighted by atomic mass is 9.87. The number of hydrogen-bond acceptors (Lipinski definition) is 2. The Morgan fingerprint density at radius 1 is 1.30 bits per heavy atom. The minimum atomic E-state index is -0.372. The van der Waals surface area contributed by atoms with Gasteiger partial charge in [0.05, 0.1) is 6.10 Å². The molecule has 1 aromatic rings. The van der Waals surface area contributed by atoms with Gasteiger partial charge >= 0.3 is 6.03 Å². The number of carbonyl (C=O) groups is 1. The normalized spacial score (nSPS) is 14.2. The standard InChI is InChI=1S/C18H29ClN2O2/c1-13(10-15-6-8-16(19)9-7-15)21(5)17(23)20-12-18(3,4)11-14(2)22/h6-9,13-14,22H,10-12H2,1-5H3,(H,20,23). The van der Waals surface area contributed by atoms with Crippen LogP contribution in [0.3, 0.4) is 0 Å². The fourth-order valence-corrected chi connectivity index (χ4v) is 2.74. The molecule has 130 valence electrons. The summed E-state index contributed by atoms with van der Waals surface area (Å²) in [5, 5.41) is 13.2. The van der Waals surface area contributed by atoms with E-state index in [2.05, 4.69) is 5.32 Å². The van der Waals surface area contributed by atoms with Crippen LogP contribution in [0.25, 0.3) is 0 Å². The highest BCUT2D eigenvalue weighted by Gasteiger charge is 2.23. The number of rotatable bonds is 7. The third-order valence-corrected chi connectivity index (χ3v) is 4.24. The van der Waals surface area contributed by atoms with Crippen LogP contribution in [0.5, 0.6) is 0 Å². The predicted octanol–water partition coefficient (Wildman–Crippen LogP) is 3.71. The molecule has 1 rings (SSSR count). The maximum Gasteiger partial charge on any atom is 0.317 e. The largest absolute Gasteiger partial charge is 0.393 e. The Morgan fingerprint density at radius 2 is 1.87 bits per heavy atom. The molecule has 0 heterocycles. The molecule has 4 nitrogen and oxygen atoms in total. The number of likely N-dealkylation sites (N-methyl/N-ethyl adjacent to an activating group) is 1. The number of carbonyl (C=O) groups excluding carboxylic acids is 1. The first-order chi connectivity index (χ1) is 10.6. The van der Waals surface area contributed by atoms with Crippen molar-refractivity contribution in [1.82, 2.24) is 10.2 Å². The highest BCUT2D eigenvalue weighted by atomic mass is 35.5. The molecule has 2 unspecified atom stereocenters. The molecule has 0 aliphatic carbocycles. The second kappa shape index (κ2) is 8.55. The van der Waals surface area contributed by atoms with Gasteiger partial charge in [-0.15, -0.1) is 0 Å². The maximum atomic E-state index is 12.3. The molecule has 0 saturated heterocycles. The van der Waals surface area contributed by atoms with Gasteiger partial charge in [0.2, 0.25) is 0 Å². The number of benzene rings is 1. The Hall–Kier alpha value is -1.26. The van der Waals surface area contributed by atoms with E-state index in [0.29, 0.717) is 18.0 Å². The van der Waals surface area contributed by atoms with Crippen molar-refractivity contribution < 1.29 is 9.90 Å². The molecular weight excluding hydrogens is 312 g/mol. The van der Waals surface area contributed by atoms with Crippen LogP contribution in [0.15, 0.2) is 24.3 Å². The minimum absolute atomic E-state index is 0.0797. The summed E-state index contributed by atoms with van der Waals surface area (Å²) in [5.41, 5.74) is 1.01. The summed E-state index contributed by atoms with van der Waals surface area (Å²) in [4.78, 5) is 14.0. The monoisotopic (exact) mass is 340 g/mol. The Kier molecular flexibility index (Phi) is 7.36. The van der Waals surface area contributed by atoms with Crippen molar-refractivity contribution in [3.05, 3.63) is 34.9 Å². The third-order valence-electron chi connectivity index (χ3n) is 3.99. The molecule has 0 aromatic heterocycles. The number of nitrogens with one attached hydrogen (secondary N) is 1. The number of hydrogen-bond donors (Lipinski definition) is 2. The van der Waals surface area contributed by atoms with E-state index in [1.165, 1.54) is 0 Å². The molecular formula is C18H29ClN2O2. The smallest absolute Gasteiger partial charge is 0.317 e. The molecule has 2 N–H and O–H groups in total. The number of urea groups is 1. The van der Waals surface area contributed by atoms with Crippen molar-refractivity contribution in [2.75, 3.05) is 13.6 Å². The minimum Gasteiger partial charge on any atom is -0.393 e. The third kappa shape index (κ3) is 7.23. The highest BCUT2D eigenvalue weighted by molar-refractivity contribution is 6.30. The lowest BCUT2D eigenvalue weighted by Crippen LogP contribution is -2.46. The molecule has 0 aliphatic heterocycles. The van der Waals surface area contributed by atoms with Gasteiger partial charge in [-0.2, -0.15) is 0 Å².